The van der Waals surface area contributed by atoms with Crippen LogP contribution >= 0.6 is 0 Å². The average molecular weight is 721 g/mol. The summed E-state index contributed by atoms with van der Waals surface area (Å²) in [6.07, 6.45) is 0. The molecule has 0 aliphatic heterocycles. The highest BCUT2D eigenvalue weighted by molar-refractivity contribution is 5.98. The first kappa shape index (κ1) is 31.2. The summed E-state index contributed by atoms with van der Waals surface area (Å²) in [7, 11) is 0. The number of aryl methyl sites for hydroxylation is 1. The summed E-state index contributed by atoms with van der Waals surface area (Å²) in [5, 5.41) is 0. The molecule has 13 rings (SSSR count). The van der Waals surface area contributed by atoms with E-state index in [4.69, 9.17) is 0 Å². The molecule has 4 aliphatic rings. The molecule has 0 unspecified atom stereocenters. The van der Waals surface area contributed by atoms with Crippen LogP contribution < -0.4 is 0 Å². The topological polar surface area (TPSA) is 0 Å². The fourth-order valence-corrected chi connectivity index (χ4v) is 11.7. The van der Waals surface area contributed by atoms with Gasteiger partial charge in [0.05, 0.1) is 10.8 Å². The van der Waals surface area contributed by atoms with Crippen molar-refractivity contribution in [2.75, 3.05) is 0 Å². The molecule has 0 saturated carbocycles. The predicted molar refractivity (Wildman–Crippen MR) is 235 cm³/mol. The van der Waals surface area contributed by atoms with Crippen LogP contribution in [0.3, 0.4) is 0 Å². The molecule has 0 saturated heterocycles. The highest BCUT2D eigenvalue weighted by atomic mass is 14.5. The van der Waals surface area contributed by atoms with Crippen molar-refractivity contribution in [3.05, 3.63) is 250 Å². The van der Waals surface area contributed by atoms with E-state index in [9.17, 15) is 0 Å². The molecular weight excluding hydrogens is 685 g/mol. The summed E-state index contributed by atoms with van der Waals surface area (Å²) in [6.45, 7) is 2.25. The van der Waals surface area contributed by atoms with Crippen LogP contribution in [0.15, 0.2) is 200 Å². The van der Waals surface area contributed by atoms with Crippen molar-refractivity contribution in [3.8, 4) is 66.8 Å². The molecule has 0 heteroatoms. The summed E-state index contributed by atoms with van der Waals surface area (Å²) >= 11 is 0. The van der Waals surface area contributed by atoms with Crippen LogP contribution in [0.5, 0.6) is 0 Å². The van der Waals surface area contributed by atoms with Gasteiger partial charge in [-0.1, -0.05) is 182 Å². The molecule has 0 N–H and O–H groups in total. The first-order valence-electron chi connectivity index (χ1n) is 20.2. The van der Waals surface area contributed by atoms with Gasteiger partial charge in [-0.15, -0.1) is 0 Å². The Morgan fingerprint density at radius 1 is 0.228 bits per heavy atom. The van der Waals surface area contributed by atoms with E-state index in [0.29, 0.717) is 0 Å². The van der Waals surface area contributed by atoms with Crippen molar-refractivity contribution in [3.63, 3.8) is 0 Å². The van der Waals surface area contributed by atoms with Crippen molar-refractivity contribution in [1.29, 1.82) is 0 Å². The Balaban J connectivity index is 1.01. The zero-order valence-electron chi connectivity index (χ0n) is 31.6. The zero-order valence-corrected chi connectivity index (χ0v) is 31.6. The maximum absolute atomic E-state index is 2.51. The summed E-state index contributed by atoms with van der Waals surface area (Å²) < 4.78 is 0. The van der Waals surface area contributed by atoms with Crippen LogP contribution in [0.25, 0.3) is 66.8 Å². The average Bonchev–Trinajstić information content (AvgIpc) is 3.95. The van der Waals surface area contributed by atoms with Gasteiger partial charge in [0.15, 0.2) is 0 Å². The monoisotopic (exact) mass is 720 g/mol. The van der Waals surface area contributed by atoms with Crippen LogP contribution in [-0.2, 0) is 10.8 Å². The first-order chi connectivity index (χ1) is 28.2. The third-order valence-electron chi connectivity index (χ3n) is 13.7. The van der Waals surface area contributed by atoms with Gasteiger partial charge in [-0.3, -0.25) is 0 Å². The Labute approximate surface area is 333 Å². The minimum absolute atomic E-state index is 0.362. The number of benzene rings is 9. The second-order valence-electron chi connectivity index (χ2n) is 16.4. The van der Waals surface area contributed by atoms with Crippen molar-refractivity contribution in [2.45, 2.75) is 17.8 Å². The number of fused-ring (bicyclic) bond motifs is 20. The molecule has 2 spiro atoms. The number of hydrogen-bond acceptors (Lipinski definition) is 0. The molecule has 0 bridgehead atoms. The second kappa shape index (κ2) is 11.1. The molecule has 0 heterocycles. The Morgan fingerprint density at radius 3 is 0.789 bits per heavy atom. The van der Waals surface area contributed by atoms with E-state index in [1.807, 2.05) is 0 Å². The molecule has 0 atom stereocenters. The van der Waals surface area contributed by atoms with E-state index in [1.165, 1.54) is 117 Å². The third kappa shape index (κ3) is 3.79. The standard InChI is InChI=1S/C57H36/c1-35-30-38(36-26-28-46-44-18-6-12-24-52(44)56(54(46)33-36)48-20-8-2-14-40(48)41-15-3-9-21-49(41)56)32-39(31-35)37-27-29-47-45-19-7-13-25-53(45)57(55(47)34-37)50-22-10-4-16-42(50)43-17-5-11-23-51(43)57/h2-34H,1H3. The fourth-order valence-electron chi connectivity index (χ4n) is 11.7. The van der Waals surface area contributed by atoms with E-state index in [0.717, 1.165) is 0 Å². The van der Waals surface area contributed by atoms with Crippen molar-refractivity contribution in [1.82, 2.24) is 0 Å². The highest BCUT2D eigenvalue weighted by Gasteiger charge is 2.53. The molecule has 9 aromatic carbocycles. The fraction of sp³-hybridized carbons (Fsp3) is 0.0526. The van der Waals surface area contributed by atoms with Gasteiger partial charge in [0, 0.05) is 0 Å². The maximum Gasteiger partial charge on any atom is 0.0725 e. The molecule has 264 valence electrons. The van der Waals surface area contributed by atoms with E-state index < -0.39 is 0 Å². The summed E-state index contributed by atoms with van der Waals surface area (Å²) in [4.78, 5) is 0. The van der Waals surface area contributed by atoms with E-state index in [1.54, 1.807) is 0 Å². The Kier molecular flexibility index (Phi) is 6.06. The smallest absolute Gasteiger partial charge is 0.0619 e. The summed E-state index contributed by atoms with van der Waals surface area (Å²) in [6, 6.07) is 76.1. The van der Waals surface area contributed by atoms with Gasteiger partial charge in [0.25, 0.3) is 0 Å². The Bertz CT molecular complexity index is 2870. The third-order valence-corrected chi connectivity index (χ3v) is 13.7. The summed E-state index contributed by atoms with van der Waals surface area (Å²) in [5.74, 6) is 0. The quantitative estimate of drug-likeness (QED) is 0.167. The lowest BCUT2D eigenvalue weighted by Gasteiger charge is -2.31. The Hall–Kier alpha value is -7.02. The molecule has 9 aromatic rings. The van der Waals surface area contributed by atoms with Crippen LogP contribution in [0.2, 0.25) is 0 Å². The van der Waals surface area contributed by atoms with Gasteiger partial charge in [-0.05, 0) is 142 Å². The maximum atomic E-state index is 2.51. The molecule has 57 heavy (non-hydrogen) atoms. The summed E-state index contributed by atoms with van der Waals surface area (Å²) in [5.41, 5.74) is 27.2. The SMILES string of the molecule is Cc1cc(-c2ccc3c(c2)C2(c4ccccc4-c4ccccc42)c2ccccc2-3)cc(-c2ccc3c(c2)C2(c4ccccc4-c4ccccc42)c2ccccc2-3)c1. The molecule has 0 radical (unpaired) electrons. The van der Waals surface area contributed by atoms with Gasteiger partial charge in [0.1, 0.15) is 0 Å². The number of hydrogen-bond donors (Lipinski definition) is 0. The lowest BCUT2D eigenvalue weighted by Crippen LogP contribution is -2.25. The zero-order chi connectivity index (χ0) is 37.5. The van der Waals surface area contributed by atoms with Gasteiger partial charge in [0.2, 0.25) is 0 Å². The van der Waals surface area contributed by atoms with Gasteiger partial charge < -0.3 is 0 Å². The minimum atomic E-state index is -0.362. The van der Waals surface area contributed by atoms with Crippen LogP contribution in [0, 0.1) is 6.92 Å². The molecule has 0 nitrogen and oxygen atoms in total. The van der Waals surface area contributed by atoms with Crippen molar-refractivity contribution < 1.29 is 0 Å². The van der Waals surface area contributed by atoms with Crippen molar-refractivity contribution >= 4 is 0 Å². The van der Waals surface area contributed by atoms with Gasteiger partial charge >= 0.3 is 0 Å². The van der Waals surface area contributed by atoms with E-state index >= 15 is 0 Å². The number of rotatable bonds is 2. The first-order valence-corrected chi connectivity index (χ1v) is 20.2. The van der Waals surface area contributed by atoms with Crippen LogP contribution in [0.4, 0.5) is 0 Å². The van der Waals surface area contributed by atoms with E-state index in [2.05, 4.69) is 207 Å². The van der Waals surface area contributed by atoms with Crippen molar-refractivity contribution in [2.24, 2.45) is 0 Å². The lowest BCUT2D eigenvalue weighted by molar-refractivity contribution is 0.794. The molecule has 0 fully saturated rings. The molecule has 4 aliphatic carbocycles. The highest BCUT2D eigenvalue weighted by Crippen LogP contribution is 2.64. The van der Waals surface area contributed by atoms with Crippen LogP contribution in [-0.4, -0.2) is 0 Å². The van der Waals surface area contributed by atoms with E-state index in [-0.39, 0.29) is 10.8 Å². The molecule has 0 amide bonds. The van der Waals surface area contributed by atoms with Gasteiger partial charge in [-0.25, -0.2) is 0 Å². The minimum Gasteiger partial charge on any atom is -0.0619 e. The largest absolute Gasteiger partial charge is 0.0725 e. The Morgan fingerprint density at radius 2 is 0.491 bits per heavy atom. The normalized spacial score (nSPS) is 14.7. The van der Waals surface area contributed by atoms with Gasteiger partial charge in [-0.2, -0.15) is 0 Å². The second-order valence-corrected chi connectivity index (χ2v) is 16.4. The van der Waals surface area contributed by atoms with Crippen LogP contribution in [0.1, 0.15) is 50.1 Å². The molecular formula is C57H36. The molecule has 0 aromatic heterocycles. The lowest BCUT2D eigenvalue weighted by atomic mass is 9.70. The predicted octanol–water partition coefficient (Wildman–Crippen LogP) is 14.0.